The maximum Gasteiger partial charge on any atom is 0.238 e. The van der Waals surface area contributed by atoms with Crippen molar-refractivity contribution < 1.29 is 4.79 Å². The van der Waals surface area contributed by atoms with E-state index in [-0.39, 0.29) is 5.91 Å². The van der Waals surface area contributed by atoms with Crippen molar-refractivity contribution >= 4 is 22.9 Å². The van der Waals surface area contributed by atoms with Gasteiger partial charge in [0.05, 0.1) is 23.6 Å². The van der Waals surface area contributed by atoms with Gasteiger partial charge in [-0.25, -0.2) is 0 Å². The molecule has 0 spiro atoms. The predicted octanol–water partition coefficient (Wildman–Crippen LogP) is 2.66. The van der Waals surface area contributed by atoms with Crippen molar-refractivity contribution in [2.75, 3.05) is 18.4 Å². The highest BCUT2D eigenvalue weighted by Gasteiger charge is 2.26. The molecule has 1 N–H and O–H groups in total. The number of aromatic nitrogens is 2. The van der Waals surface area contributed by atoms with Gasteiger partial charge in [-0.3, -0.25) is 14.4 Å². The number of hydrogen-bond donors (Lipinski definition) is 1. The molecule has 3 heterocycles. The lowest BCUT2D eigenvalue weighted by Gasteiger charge is -2.32. The van der Waals surface area contributed by atoms with E-state index in [1.807, 2.05) is 32.2 Å². The quantitative estimate of drug-likeness (QED) is 0.946. The maximum absolute atomic E-state index is 12.4. The van der Waals surface area contributed by atoms with E-state index in [1.54, 1.807) is 4.68 Å². The topological polar surface area (TPSA) is 50.2 Å². The van der Waals surface area contributed by atoms with Crippen LogP contribution in [-0.2, 0) is 18.3 Å². The molecular weight excluding hydrogens is 296 g/mol. The number of amides is 1. The van der Waals surface area contributed by atoms with Crippen molar-refractivity contribution in [2.45, 2.75) is 33.2 Å². The molecule has 118 valence electrons. The number of carbonyl (C=O) groups excluding carboxylic acids is 1. The van der Waals surface area contributed by atoms with Crippen molar-refractivity contribution in [1.29, 1.82) is 0 Å². The standard InChI is InChI=1S/C16H22N4OS/c1-10-16(12(3)19(4)18-10)17-15(21)9-20-7-5-14-13(11(20)2)6-8-22-14/h6,8,11H,5,7,9H2,1-4H3,(H,17,21)/t11-/m1/s1. The summed E-state index contributed by atoms with van der Waals surface area (Å²) >= 11 is 1.82. The van der Waals surface area contributed by atoms with Gasteiger partial charge < -0.3 is 5.32 Å². The van der Waals surface area contributed by atoms with Crippen LogP contribution in [0.1, 0.15) is 34.8 Å². The molecule has 1 amide bonds. The number of rotatable bonds is 3. The summed E-state index contributed by atoms with van der Waals surface area (Å²) in [6.07, 6.45) is 1.04. The maximum atomic E-state index is 12.4. The van der Waals surface area contributed by atoms with Gasteiger partial charge in [-0.2, -0.15) is 5.10 Å². The Kier molecular flexibility index (Phi) is 4.06. The van der Waals surface area contributed by atoms with Crippen LogP contribution in [0.3, 0.4) is 0 Å². The molecule has 0 bridgehead atoms. The van der Waals surface area contributed by atoms with Gasteiger partial charge in [-0.05, 0) is 44.2 Å². The minimum Gasteiger partial charge on any atom is -0.322 e. The van der Waals surface area contributed by atoms with Crippen molar-refractivity contribution in [3.8, 4) is 0 Å². The fraction of sp³-hybridized carbons (Fsp3) is 0.500. The zero-order valence-electron chi connectivity index (χ0n) is 13.5. The zero-order valence-corrected chi connectivity index (χ0v) is 14.3. The molecule has 1 atom stereocenters. The van der Waals surface area contributed by atoms with Gasteiger partial charge in [0.15, 0.2) is 0 Å². The van der Waals surface area contributed by atoms with Crippen LogP contribution in [-0.4, -0.2) is 33.7 Å². The number of nitrogens with zero attached hydrogens (tertiary/aromatic N) is 3. The fourth-order valence-electron chi connectivity index (χ4n) is 3.10. The van der Waals surface area contributed by atoms with Gasteiger partial charge in [-0.1, -0.05) is 0 Å². The van der Waals surface area contributed by atoms with Gasteiger partial charge in [0.25, 0.3) is 0 Å². The zero-order chi connectivity index (χ0) is 15.9. The largest absolute Gasteiger partial charge is 0.322 e. The lowest BCUT2D eigenvalue weighted by atomic mass is 10.0. The summed E-state index contributed by atoms with van der Waals surface area (Å²) < 4.78 is 1.80. The minimum atomic E-state index is 0.0322. The second-order valence-corrected chi connectivity index (χ2v) is 6.91. The first-order valence-electron chi connectivity index (χ1n) is 7.57. The summed E-state index contributed by atoms with van der Waals surface area (Å²) in [7, 11) is 1.89. The Morgan fingerprint density at radius 2 is 2.27 bits per heavy atom. The van der Waals surface area contributed by atoms with E-state index in [2.05, 4.69) is 33.7 Å². The smallest absolute Gasteiger partial charge is 0.238 e. The van der Waals surface area contributed by atoms with Crippen LogP contribution < -0.4 is 5.32 Å². The van der Waals surface area contributed by atoms with E-state index in [0.717, 1.165) is 30.0 Å². The highest BCUT2D eigenvalue weighted by Crippen LogP contribution is 2.32. The van der Waals surface area contributed by atoms with E-state index in [9.17, 15) is 4.79 Å². The van der Waals surface area contributed by atoms with Crippen molar-refractivity contribution in [3.05, 3.63) is 33.3 Å². The summed E-state index contributed by atoms with van der Waals surface area (Å²) in [5, 5.41) is 9.51. The molecular formula is C16H22N4OS. The summed E-state index contributed by atoms with van der Waals surface area (Å²) in [5.41, 5.74) is 4.06. The molecule has 0 saturated carbocycles. The monoisotopic (exact) mass is 318 g/mol. The Bertz CT molecular complexity index is 703. The third-order valence-electron chi connectivity index (χ3n) is 4.52. The molecule has 2 aromatic heterocycles. The molecule has 0 saturated heterocycles. The molecule has 2 aromatic rings. The van der Waals surface area contributed by atoms with Gasteiger partial charge in [0.2, 0.25) is 5.91 Å². The molecule has 3 rings (SSSR count). The molecule has 1 aliphatic heterocycles. The first kappa shape index (κ1) is 15.2. The lowest BCUT2D eigenvalue weighted by molar-refractivity contribution is -0.117. The molecule has 6 heteroatoms. The number of aryl methyl sites for hydroxylation is 2. The average molecular weight is 318 g/mol. The normalized spacial score (nSPS) is 18.3. The molecule has 0 fully saturated rings. The van der Waals surface area contributed by atoms with E-state index in [4.69, 9.17) is 0 Å². The van der Waals surface area contributed by atoms with Crippen molar-refractivity contribution in [1.82, 2.24) is 14.7 Å². The lowest BCUT2D eigenvalue weighted by Crippen LogP contribution is -2.39. The molecule has 0 unspecified atom stereocenters. The summed E-state index contributed by atoms with van der Waals surface area (Å²) in [6.45, 7) is 7.43. The number of anilines is 1. The highest BCUT2D eigenvalue weighted by atomic mass is 32.1. The van der Waals surface area contributed by atoms with E-state index < -0.39 is 0 Å². The Balaban J connectivity index is 1.68. The van der Waals surface area contributed by atoms with Crippen LogP contribution in [0.25, 0.3) is 0 Å². The fourth-order valence-corrected chi connectivity index (χ4v) is 4.06. The van der Waals surface area contributed by atoms with Gasteiger partial charge >= 0.3 is 0 Å². The van der Waals surface area contributed by atoms with Crippen LogP contribution in [0.15, 0.2) is 11.4 Å². The second-order valence-electron chi connectivity index (χ2n) is 5.91. The van der Waals surface area contributed by atoms with Crippen molar-refractivity contribution in [3.63, 3.8) is 0 Å². The molecule has 1 aliphatic rings. The molecule has 5 nitrogen and oxygen atoms in total. The summed E-state index contributed by atoms with van der Waals surface area (Å²) in [6, 6.07) is 2.49. The average Bonchev–Trinajstić information content (AvgIpc) is 3.03. The van der Waals surface area contributed by atoms with Crippen LogP contribution >= 0.6 is 11.3 Å². The van der Waals surface area contributed by atoms with Gasteiger partial charge in [-0.15, -0.1) is 11.3 Å². The Labute approximate surface area is 134 Å². The third kappa shape index (κ3) is 2.68. The Hall–Kier alpha value is -1.66. The van der Waals surface area contributed by atoms with Crippen LogP contribution in [0, 0.1) is 13.8 Å². The SMILES string of the molecule is Cc1nn(C)c(C)c1NC(=O)CN1CCc2sccc2[C@H]1C. The van der Waals surface area contributed by atoms with Crippen molar-refractivity contribution in [2.24, 2.45) is 7.05 Å². The Morgan fingerprint density at radius 1 is 1.50 bits per heavy atom. The Morgan fingerprint density at radius 3 is 2.95 bits per heavy atom. The number of thiophene rings is 1. The minimum absolute atomic E-state index is 0.0322. The third-order valence-corrected chi connectivity index (χ3v) is 5.52. The van der Waals surface area contributed by atoms with Crippen LogP contribution in [0.2, 0.25) is 0 Å². The van der Waals surface area contributed by atoms with E-state index >= 15 is 0 Å². The number of fused-ring (bicyclic) bond motifs is 1. The molecule has 0 aromatic carbocycles. The van der Waals surface area contributed by atoms with Crippen LogP contribution in [0.4, 0.5) is 5.69 Å². The van der Waals surface area contributed by atoms with Gasteiger partial charge in [0, 0.05) is 24.5 Å². The summed E-state index contributed by atoms with van der Waals surface area (Å²) in [4.78, 5) is 16.1. The second kappa shape index (κ2) is 5.85. The molecule has 0 radical (unpaired) electrons. The summed E-state index contributed by atoms with van der Waals surface area (Å²) in [5.74, 6) is 0.0322. The molecule has 22 heavy (non-hydrogen) atoms. The highest BCUT2D eigenvalue weighted by molar-refractivity contribution is 7.10. The van der Waals surface area contributed by atoms with Gasteiger partial charge in [0.1, 0.15) is 0 Å². The van der Waals surface area contributed by atoms with Crippen LogP contribution in [0.5, 0.6) is 0 Å². The first-order valence-corrected chi connectivity index (χ1v) is 8.45. The molecule has 0 aliphatic carbocycles. The van der Waals surface area contributed by atoms with E-state index in [1.165, 1.54) is 10.4 Å². The van der Waals surface area contributed by atoms with E-state index in [0.29, 0.717) is 12.6 Å². The number of nitrogens with one attached hydrogen (secondary N) is 1. The predicted molar refractivity (Wildman–Crippen MR) is 89.3 cm³/mol. The number of carbonyl (C=O) groups is 1. The first-order chi connectivity index (χ1) is 10.5. The number of hydrogen-bond acceptors (Lipinski definition) is 4.